The number of nitrogens with zero attached hydrogens (tertiary/aromatic N) is 3. The zero-order valence-corrected chi connectivity index (χ0v) is 15.6. The number of rotatable bonds is 6. The quantitative estimate of drug-likeness (QED) is 0.448. The van der Waals surface area contributed by atoms with Crippen LogP contribution in [0.3, 0.4) is 0 Å². The van der Waals surface area contributed by atoms with Gasteiger partial charge in [-0.1, -0.05) is 0 Å². The SMILES string of the molecule is CCOC(=O)c1ccc(N2N=C(N)[C@@H](Sc3ccc([N+](=O)[O-])cc3)C2=O)cc1. The number of esters is 1. The van der Waals surface area contributed by atoms with E-state index in [0.717, 1.165) is 11.8 Å². The number of carbonyl (C=O) groups excluding carboxylic acids is 2. The standard InChI is InChI=1S/C18H16N4O5S/c1-2-27-18(24)11-3-5-12(6-4-11)21-17(23)15(16(19)20-21)28-14-9-7-13(8-10-14)22(25)26/h3-10,15H,2H2,1H3,(H2,19,20)/t15-/m1/s1. The van der Waals surface area contributed by atoms with Crippen LogP contribution >= 0.6 is 11.8 Å². The number of nitro groups is 1. The Bertz CT molecular complexity index is 943. The van der Waals surface area contributed by atoms with Crippen molar-refractivity contribution in [2.24, 2.45) is 10.8 Å². The lowest BCUT2D eigenvalue weighted by Gasteiger charge is -2.14. The van der Waals surface area contributed by atoms with Crippen molar-refractivity contribution in [3.05, 3.63) is 64.2 Å². The second-order valence-electron chi connectivity index (χ2n) is 5.69. The van der Waals surface area contributed by atoms with Gasteiger partial charge in [0, 0.05) is 17.0 Å². The van der Waals surface area contributed by atoms with E-state index >= 15 is 0 Å². The molecule has 0 aliphatic carbocycles. The fourth-order valence-electron chi connectivity index (χ4n) is 2.49. The van der Waals surface area contributed by atoms with Crippen LogP contribution in [0, 0.1) is 10.1 Å². The van der Waals surface area contributed by atoms with Gasteiger partial charge in [0.1, 0.15) is 11.1 Å². The molecular weight excluding hydrogens is 384 g/mol. The molecule has 0 saturated heterocycles. The zero-order chi connectivity index (χ0) is 20.3. The molecular formula is C18H16N4O5S. The van der Waals surface area contributed by atoms with Gasteiger partial charge in [-0.25, -0.2) is 4.79 Å². The smallest absolute Gasteiger partial charge is 0.338 e. The Labute approximate surface area is 164 Å². The number of nitrogens with two attached hydrogens (primary N) is 1. The first-order valence-electron chi connectivity index (χ1n) is 8.27. The number of ether oxygens (including phenoxy) is 1. The molecule has 9 nitrogen and oxygen atoms in total. The molecule has 0 spiro atoms. The number of anilines is 1. The molecule has 1 amide bonds. The number of amidine groups is 1. The summed E-state index contributed by atoms with van der Waals surface area (Å²) in [7, 11) is 0. The maximum absolute atomic E-state index is 12.7. The highest BCUT2D eigenvalue weighted by Gasteiger charge is 2.36. The van der Waals surface area contributed by atoms with E-state index in [4.69, 9.17) is 10.5 Å². The van der Waals surface area contributed by atoms with E-state index in [2.05, 4.69) is 5.10 Å². The monoisotopic (exact) mass is 400 g/mol. The van der Waals surface area contributed by atoms with Gasteiger partial charge < -0.3 is 10.5 Å². The van der Waals surface area contributed by atoms with E-state index < -0.39 is 16.1 Å². The molecule has 0 fully saturated rings. The lowest BCUT2D eigenvalue weighted by atomic mass is 10.2. The highest BCUT2D eigenvalue weighted by Crippen LogP contribution is 2.31. The van der Waals surface area contributed by atoms with Crippen molar-refractivity contribution < 1.29 is 19.2 Å². The highest BCUT2D eigenvalue weighted by molar-refractivity contribution is 8.01. The van der Waals surface area contributed by atoms with E-state index in [1.807, 2.05) is 0 Å². The molecule has 1 aliphatic rings. The van der Waals surface area contributed by atoms with E-state index in [1.54, 1.807) is 43.3 Å². The van der Waals surface area contributed by atoms with Gasteiger partial charge in [0.2, 0.25) is 0 Å². The number of hydrazone groups is 1. The zero-order valence-electron chi connectivity index (χ0n) is 14.8. The third-order valence-electron chi connectivity index (χ3n) is 3.84. The Morgan fingerprint density at radius 2 is 1.89 bits per heavy atom. The van der Waals surface area contributed by atoms with E-state index in [9.17, 15) is 19.7 Å². The first kappa shape index (κ1) is 19.4. The van der Waals surface area contributed by atoms with Gasteiger partial charge in [-0.3, -0.25) is 14.9 Å². The second-order valence-corrected chi connectivity index (χ2v) is 6.87. The molecule has 28 heavy (non-hydrogen) atoms. The van der Waals surface area contributed by atoms with Crippen LogP contribution in [0.4, 0.5) is 11.4 Å². The van der Waals surface area contributed by atoms with Gasteiger partial charge in [0.15, 0.2) is 0 Å². The molecule has 2 aromatic carbocycles. The molecule has 2 N–H and O–H groups in total. The van der Waals surface area contributed by atoms with Crippen LogP contribution < -0.4 is 10.7 Å². The third-order valence-corrected chi connectivity index (χ3v) is 5.06. The molecule has 0 unspecified atom stereocenters. The molecule has 1 heterocycles. The van der Waals surface area contributed by atoms with Gasteiger partial charge in [0.25, 0.3) is 11.6 Å². The van der Waals surface area contributed by atoms with Crippen molar-refractivity contribution in [1.82, 2.24) is 0 Å². The number of amides is 1. The second kappa shape index (κ2) is 8.09. The van der Waals surface area contributed by atoms with Crippen molar-refractivity contribution in [3.63, 3.8) is 0 Å². The maximum Gasteiger partial charge on any atom is 0.338 e. The molecule has 1 aliphatic heterocycles. The van der Waals surface area contributed by atoms with Crippen molar-refractivity contribution in [1.29, 1.82) is 0 Å². The summed E-state index contributed by atoms with van der Waals surface area (Å²) in [5.74, 6) is -0.663. The Morgan fingerprint density at radius 3 is 2.46 bits per heavy atom. The van der Waals surface area contributed by atoms with Crippen LogP contribution in [0.2, 0.25) is 0 Å². The minimum Gasteiger partial charge on any atom is -0.462 e. The molecule has 0 bridgehead atoms. The Hall–Kier alpha value is -3.40. The summed E-state index contributed by atoms with van der Waals surface area (Å²) in [6.45, 7) is 1.99. The van der Waals surface area contributed by atoms with Gasteiger partial charge in [-0.05, 0) is 43.3 Å². The lowest BCUT2D eigenvalue weighted by Crippen LogP contribution is -2.32. The molecule has 144 valence electrons. The average molecular weight is 400 g/mol. The van der Waals surface area contributed by atoms with E-state index in [1.165, 1.54) is 17.1 Å². The molecule has 1 atom stereocenters. The van der Waals surface area contributed by atoms with Gasteiger partial charge in [0.05, 0.1) is 22.8 Å². The topological polar surface area (TPSA) is 128 Å². The fourth-order valence-corrected chi connectivity index (χ4v) is 3.42. The van der Waals surface area contributed by atoms with Gasteiger partial charge in [-0.15, -0.1) is 11.8 Å². The number of benzene rings is 2. The number of nitro benzene ring substituents is 1. The predicted molar refractivity (Wildman–Crippen MR) is 104 cm³/mol. The Morgan fingerprint density at radius 1 is 1.25 bits per heavy atom. The van der Waals surface area contributed by atoms with Crippen LogP contribution in [0.15, 0.2) is 58.5 Å². The summed E-state index contributed by atoms with van der Waals surface area (Å²) < 4.78 is 4.93. The first-order valence-corrected chi connectivity index (χ1v) is 9.15. The van der Waals surface area contributed by atoms with Crippen molar-refractivity contribution in [2.75, 3.05) is 11.6 Å². The number of non-ortho nitro benzene ring substituents is 1. The average Bonchev–Trinajstić information content (AvgIpc) is 2.97. The molecule has 0 radical (unpaired) electrons. The van der Waals surface area contributed by atoms with Crippen LogP contribution in [-0.4, -0.2) is 34.5 Å². The number of thioether (sulfide) groups is 1. The van der Waals surface area contributed by atoms with Crippen LogP contribution in [-0.2, 0) is 9.53 Å². The number of carbonyl (C=O) groups is 2. The summed E-state index contributed by atoms with van der Waals surface area (Å²) in [6, 6.07) is 12.1. The van der Waals surface area contributed by atoms with Crippen molar-refractivity contribution in [2.45, 2.75) is 17.1 Å². The van der Waals surface area contributed by atoms with Crippen molar-refractivity contribution >= 4 is 40.8 Å². The lowest BCUT2D eigenvalue weighted by molar-refractivity contribution is -0.384. The molecule has 10 heteroatoms. The van der Waals surface area contributed by atoms with E-state index in [-0.39, 0.29) is 24.0 Å². The Balaban J connectivity index is 1.73. The van der Waals surface area contributed by atoms with Crippen LogP contribution in [0.1, 0.15) is 17.3 Å². The number of hydrogen-bond acceptors (Lipinski definition) is 8. The van der Waals surface area contributed by atoms with Crippen LogP contribution in [0.5, 0.6) is 0 Å². The van der Waals surface area contributed by atoms with Crippen LogP contribution in [0.25, 0.3) is 0 Å². The fraction of sp³-hybridized carbons (Fsp3) is 0.167. The summed E-state index contributed by atoms with van der Waals surface area (Å²) in [4.78, 5) is 35.3. The summed E-state index contributed by atoms with van der Waals surface area (Å²) in [5, 5.41) is 15.3. The van der Waals surface area contributed by atoms with E-state index in [0.29, 0.717) is 16.1 Å². The highest BCUT2D eigenvalue weighted by atomic mass is 32.2. The summed E-state index contributed by atoms with van der Waals surface area (Å²) >= 11 is 1.16. The molecule has 2 aromatic rings. The van der Waals surface area contributed by atoms with Crippen molar-refractivity contribution in [3.8, 4) is 0 Å². The summed E-state index contributed by atoms with van der Waals surface area (Å²) in [5.41, 5.74) is 6.72. The minimum absolute atomic E-state index is 0.0351. The summed E-state index contributed by atoms with van der Waals surface area (Å²) in [6.07, 6.45) is 0. The molecule has 0 saturated carbocycles. The normalized spacial score (nSPS) is 16.0. The maximum atomic E-state index is 12.7. The number of hydrogen-bond donors (Lipinski definition) is 1. The largest absolute Gasteiger partial charge is 0.462 e. The molecule has 0 aromatic heterocycles. The molecule has 3 rings (SSSR count). The predicted octanol–water partition coefficient (Wildman–Crippen LogP) is 2.55. The first-order chi connectivity index (χ1) is 13.4. The van der Waals surface area contributed by atoms with Gasteiger partial charge >= 0.3 is 5.97 Å². The van der Waals surface area contributed by atoms with Gasteiger partial charge in [-0.2, -0.15) is 10.1 Å². The Kier molecular flexibility index (Phi) is 5.59. The third kappa shape index (κ3) is 3.96. The minimum atomic E-state index is -0.744.